The summed E-state index contributed by atoms with van der Waals surface area (Å²) >= 11 is 0. The number of hydrogen-bond acceptors (Lipinski definition) is 1. The molecule has 0 spiro atoms. The van der Waals surface area contributed by atoms with Gasteiger partial charge in [-0.05, 0) is 42.5 Å². The molecule has 0 radical (unpaired) electrons. The fourth-order valence-corrected chi connectivity index (χ4v) is 1.81. The van der Waals surface area contributed by atoms with E-state index >= 15 is 0 Å². The fourth-order valence-electron chi connectivity index (χ4n) is 1.81. The van der Waals surface area contributed by atoms with Crippen molar-refractivity contribution in [3.05, 3.63) is 59.7 Å². The normalized spacial score (nSPS) is 11.9. The number of hydrogen-bond donors (Lipinski definition) is 2. The molecular formula is C15H10F6N2O. The van der Waals surface area contributed by atoms with E-state index in [2.05, 4.69) is 10.6 Å². The Bertz CT molecular complexity index is 722. The number of benzene rings is 2. The van der Waals surface area contributed by atoms with Gasteiger partial charge >= 0.3 is 18.4 Å². The number of halogens is 6. The Morgan fingerprint density at radius 1 is 0.708 bits per heavy atom. The van der Waals surface area contributed by atoms with Crippen LogP contribution >= 0.6 is 0 Å². The molecule has 2 rings (SSSR count). The summed E-state index contributed by atoms with van der Waals surface area (Å²) < 4.78 is 74.9. The zero-order chi connectivity index (χ0) is 18.0. The molecule has 2 amide bonds. The van der Waals surface area contributed by atoms with Gasteiger partial charge < -0.3 is 10.6 Å². The van der Waals surface area contributed by atoms with Gasteiger partial charge in [0.25, 0.3) is 0 Å². The van der Waals surface area contributed by atoms with Crippen LogP contribution in [-0.2, 0) is 12.4 Å². The molecule has 0 fully saturated rings. The molecule has 0 bridgehead atoms. The Morgan fingerprint density at radius 3 is 1.79 bits per heavy atom. The van der Waals surface area contributed by atoms with Gasteiger partial charge in [0.15, 0.2) is 0 Å². The number of urea groups is 1. The smallest absolute Gasteiger partial charge is 0.308 e. The first-order valence-corrected chi connectivity index (χ1v) is 6.48. The molecule has 128 valence electrons. The Hall–Kier alpha value is -2.71. The third kappa shape index (κ3) is 4.64. The van der Waals surface area contributed by atoms with Gasteiger partial charge in [-0.1, -0.05) is 6.07 Å². The summed E-state index contributed by atoms with van der Waals surface area (Å²) in [5, 5.41) is 4.40. The average molecular weight is 348 g/mol. The van der Waals surface area contributed by atoms with Crippen molar-refractivity contribution in [2.24, 2.45) is 0 Å². The van der Waals surface area contributed by atoms with Gasteiger partial charge in [-0.3, -0.25) is 0 Å². The van der Waals surface area contributed by atoms with Gasteiger partial charge in [0, 0.05) is 11.4 Å². The minimum absolute atomic E-state index is 0.0625. The van der Waals surface area contributed by atoms with Crippen molar-refractivity contribution in [2.45, 2.75) is 12.4 Å². The van der Waals surface area contributed by atoms with Crippen molar-refractivity contribution >= 4 is 17.4 Å². The van der Waals surface area contributed by atoms with Crippen molar-refractivity contribution in [1.82, 2.24) is 0 Å². The number of rotatable bonds is 2. The van der Waals surface area contributed by atoms with Crippen LogP contribution in [0.3, 0.4) is 0 Å². The quantitative estimate of drug-likeness (QED) is 0.704. The topological polar surface area (TPSA) is 41.1 Å². The van der Waals surface area contributed by atoms with Gasteiger partial charge in [0.1, 0.15) is 0 Å². The first-order valence-electron chi connectivity index (χ1n) is 6.48. The third-order valence-electron chi connectivity index (χ3n) is 2.92. The van der Waals surface area contributed by atoms with Crippen LogP contribution in [0, 0.1) is 0 Å². The molecule has 0 aliphatic carbocycles. The Labute approximate surface area is 132 Å². The average Bonchev–Trinajstić information content (AvgIpc) is 2.46. The lowest BCUT2D eigenvalue weighted by Gasteiger charge is -2.11. The minimum atomic E-state index is -4.55. The van der Waals surface area contributed by atoms with E-state index in [1.54, 1.807) is 0 Å². The first kappa shape index (κ1) is 17.6. The Morgan fingerprint density at radius 2 is 1.25 bits per heavy atom. The van der Waals surface area contributed by atoms with Crippen LogP contribution in [0.1, 0.15) is 11.1 Å². The van der Waals surface area contributed by atoms with Crippen LogP contribution in [0.15, 0.2) is 48.5 Å². The zero-order valence-corrected chi connectivity index (χ0v) is 11.8. The van der Waals surface area contributed by atoms with Crippen molar-refractivity contribution < 1.29 is 31.1 Å². The highest BCUT2D eigenvalue weighted by molar-refractivity contribution is 5.99. The summed E-state index contributed by atoms with van der Waals surface area (Å²) in [6, 6.07) is 6.71. The molecule has 9 heteroatoms. The molecule has 0 aromatic heterocycles. The van der Waals surface area contributed by atoms with Gasteiger partial charge in [-0.15, -0.1) is 0 Å². The Balaban J connectivity index is 2.03. The largest absolute Gasteiger partial charge is 0.416 e. The predicted molar refractivity (Wildman–Crippen MR) is 75.5 cm³/mol. The highest BCUT2D eigenvalue weighted by Gasteiger charge is 2.31. The number of anilines is 2. The second-order valence-electron chi connectivity index (χ2n) is 4.73. The van der Waals surface area contributed by atoms with E-state index in [0.717, 1.165) is 42.5 Å². The molecule has 0 aliphatic rings. The maximum absolute atomic E-state index is 12.6. The van der Waals surface area contributed by atoms with E-state index in [0.29, 0.717) is 0 Å². The molecule has 0 atom stereocenters. The Kier molecular flexibility index (Phi) is 4.72. The van der Waals surface area contributed by atoms with Gasteiger partial charge in [0.05, 0.1) is 11.1 Å². The monoisotopic (exact) mass is 348 g/mol. The standard InChI is InChI=1S/C15H10F6N2O/c16-14(17,18)9-4-6-11(7-5-9)22-13(24)23-12-3-1-2-10(8-12)15(19,20)21/h1-8H,(H2,22,23,24). The number of alkyl halides is 6. The summed E-state index contributed by atoms with van der Waals surface area (Å²) in [5.41, 5.74) is -1.86. The SMILES string of the molecule is O=C(Nc1ccc(C(F)(F)F)cc1)Nc1cccc(C(F)(F)F)c1. The van der Waals surface area contributed by atoms with Crippen LogP contribution in [0.4, 0.5) is 42.5 Å². The molecule has 0 saturated heterocycles. The van der Waals surface area contributed by atoms with Gasteiger partial charge in [0.2, 0.25) is 0 Å². The molecule has 24 heavy (non-hydrogen) atoms. The summed E-state index contributed by atoms with van der Waals surface area (Å²) in [5.74, 6) is 0. The first-order chi connectivity index (χ1) is 11.1. The second-order valence-corrected chi connectivity index (χ2v) is 4.73. The molecule has 2 N–H and O–H groups in total. The molecule has 0 saturated carbocycles. The van der Waals surface area contributed by atoms with E-state index in [1.165, 1.54) is 6.07 Å². The molecule has 2 aromatic rings. The summed E-state index contributed by atoms with van der Waals surface area (Å²) in [4.78, 5) is 11.7. The predicted octanol–water partition coefficient (Wildman–Crippen LogP) is 5.37. The van der Waals surface area contributed by atoms with Crippen molar-refractivity contribution in [2.75, 3.05) is 10.6 Å². The minimum Gasteiger partial charge on any atom is -0.308 e. The molecular weight excluding hydrogens is 338 g/mol. The summed E-state index contributed by atoms with van der Waals surface area (Å²) in [7, 11) is 0. The highest BCUT2D eigenvalue weighted by atomic mass is 19.4. The lowest BCUT2D eigenvalue weighted by molar-refractivity contribution is -0.138. The second kappa shape index (κ2) is 6.42. The van der Waals surface area contributed by atoms with Crippen LogP contribution < -0.4 is 10.6 Å². The fraction of sp³-hybridized carbons (Fsp3) is 0.133. The highest BCUT2D eigenvalue weighted by Crippen LogP contribution is 2.31. The summed E-state index contributed by atoms with van der Waals surface area (Å²) in [6.45, 7) is 0. The number of carbonyl (C=O) groups excluding carboxylic acids is 1. The van der Waals surface area contributed by atoms with Crippen LogP contribution in [0.2, 0.25) is 0 Å². The zero-order valence-electron chi connectivity index (χ0n) is 11.8. The maximum atomic E-state index is 12.6. The third-order valence-corrected chi connectivity index (χ3v) is 2.92. The van der Waals surface area contributed by atoms with E-state index in [1.807, 2.05) is 0 Å². The van der Waals surface area contributed by atoms with Gasteiger partial charge in [-0.25, -0.2) is 4.79 Å². The van der Waals surface area contributed by atoms with Crippen molar-refractivity contribution in [3.63, 3.8) is 0 Å². The van der Waals surface area contributed by atoms with Gasteiger partial charge in [-0.2, -0.15) is 26.3 Å². The number of amides is 2. The van der Waals surface area contributed by atoms with Crippen molar-refractivity contribution in [3.8, 4) is 0 Å². The molecule has 0 aliphatic heterocycles. The number of carbonyl (C=O) groups is 1. The van der Waals surface area contributed by atoms with Crippen LogP contribution in [-0.4, -0.2) is 6.03 Å². The lowest BCUT2D eigenvalue weighted by Crippen LogP contribution is -2.20. The number of nitrogens with one attached hydrogen (secondary N) is 2. The van der Waals surface area contributed by atoms with Crippen LogP contribution in [0.25, 0.3) is 0 Å². The van der Waals surface area contributed by atoms with Crippen LogP contribution in [0.5, 0.6) is 0 Å². The molecule has 0 heterocycles. The molecule has 0 unspecified atom stereocenters. The molecule has 2 aromatic carbocycles. The maximum Gasteiger partial charge on any atom is 0.416 e. The van der Waals surface area contributed by atoms with E-state index in [4.69, 9.17) is 0 Å². The summed E-state index contributed by atoms with van der Waals surface area (Å²) in [6.07, 6.45) is -9.06. The molecule has 3 nitrogen and oxygen atoms in total. The van der Waals surface area contributed by atoms with E-state index in [-0.39, 0.29) is 11.4 Å². The lowest BCUT2D eigenvalue weighted by atomic mass is 10.2. The van der Waals surface area contributed by atoms with E-state index in [9.17, 15) is 31.1 Å². The van der Waals surface area contributed by atoms with Crippen molar-refractivity contribution in [1.29, 1.82) is 0 Å². The van der Waals surface area contributed by atoms with E-state index < -0.39 is 29.5 Å².